The van der Waals surface area contributed by atoms with Crippen molar-refractivity contribution in [2.45, 2.75) is 0 Å². The van der Waals surface area contributed by atoms with Crippen LogP contribution in [-0.2, 0) is 0 Å². The molecule has 2 N–H and O–H groups in total. The summed E-state index contributed by atoms with van der Waals surface area (Å²) in [6.07, 6.45) is 0. The molecule has 0 saturated heterocycles. The van der Waals surface area contributed by atoms with Gasteiger partial charge in [0, 0.05) is 10.0 Å². The van der Waals surface area contributed by atoms with Crippen LogP contribution in [0.1, 0.15) is 0 Å². The number of hydrogen-bond acceptors (Lipinski definition) is 4. The highest BCUT2D eigenvalue weighted by Crippen LogP contribution is 2.45. The molecule has 0 aliphatic rings. The highest BCUT2D eigenvalue weighted by atomic mass is 79.9. The quantitative estimate of drug-likeness (QED) is 0.521. The normalized spacial score (nSPS) is 11.0. The van der Waals surface area contributed by atoms with E-state index in [0.717, 1.165) is 13.1 Å². The largest absolute Gasteiger partial charge is 0.380 e. The van der Waals surface area contributed by atoms with Crippen molar-refractivity contribution in [3.63, 3.8) is 0 Å². The molecule has 0 radical (unpaired) electrons. The Labute approximate surface area is 145 Å². The monoisotopic (exact) mass is 450 g/mol. The van der Waals surface area contributed by atoms with Gasteiger partial charge in [0.2, 0.25) is 0 Å². The molecule has 0 atom stereocenters. The summed E-state index contributed by atoms with van der Waals surface area (Å²) in [4.78, 5) is 0.827. The van der Waals surface area contributed by atoms with Crippen LogP contribution in [0.5, 0.6) is 0 Å². The predicted octanol–water partition coefficient (Wildman–Crippen LogP) is 5.97. The zero-order chi connectivity index (χ0) is 15.1. The van der Waals surface area contributed by atoms with Crippen LogP contribution in [-0.4, -0.2) is 5.16 Å². The van der Waals surface area contributed by atoms with E-state index in [2.05, 4.69) is 37.0 Å². The van der Waals surface area contributed by atoms with Crippen LogP contribution in [0.2, 0.25) is 5.02 Å². The highest BCUT2D eigenvalue weighted by molar-refractivity contribution is 9.13. The predicted molar refractivity (Wildman–Crippen MR) is 90.0 cm³/mol. The van der Waals surface area contributed by atoms with E-state index in [4.69, 9.17) is 21.9 Å². The van der Waals surface area contributed by atoms with Gasteiger partial charge >= 0.3 is 0 Å². The Kier molecular flexibility index (Phi) is 4.09. The second kappa shape index (κ2) is 5.72. The molecular weight excluding hydrogens is 446 g/mol. The van der Waals surface area contributed by atoms with E-state index in [1.54, 1.807) is 6.07 Å². The van der Waals surface area contributed by atoms with Crippen molar-refractivity contribution >= 4 is 60.6 Å². The van der Waals surface area contributed by atoms with Crippen molar-refractivity contribution in [3.8, 4) is 21.8 Å². The van der Waals surface area contributed by atoms with Gasteiger partial charge < -0.3 is 10.3 Å². The maximum atomic E-state index is 13.2. The van der Waals surface area contributed by atoms with Crippen molar-refractivity contribution < 1.29 is 8.91 Å². The van der Waals surface area contributed by atoms with Crippen molar-refractivity contribution in [1.29, 1.82) is 0 Å². The summed E-state index contributed by atoms with van der Waals surface area (Å²) in [5.74, 6) is 0.290. The second-order valence-electron chi connectivity index (χ2n) is 4.13. The lowest BCUT2D eigenvalue weighted by atomic mass is 10.0. The van der Waals surface area contributed by atoms with Crippen molar-refractivity contribution in [2.75, 3.05) is 5.73 Å². The minimum Gasteiger partial charge on any atom is -0.380 e. The van der Waals surface area contributed by atoms with Crippen molar-refractivity contribution in [2.24, 2.45) is 0 Å². The first-order valence-corrected chi connectivity index (χ1v) is 8.41. The first kappa shape index (κ1) is 15.0. The van der Waals surface area contributed by atoms with Crippen molar-refractivity contribution in [1.82, 2.24) is 5.16 Å². The number of hydrogen-bond donors (Lipinski definition) is 1. The van der Waals surface area contributed by atoms with E-state index >= 15 is 0 Å². The number of anilines is 1. The Morgan fingerprint density at radius 2 is 2.05 bits per heavy atom. The highest BCUT2D eigenvalue weighted by Gasteiger charge is 2.22. The van der Waals surface area contributed by atoms with E-state index in [-0.39, 0.29) is 10.8 Å². The number of halogens is 4. The first-order valence-electron chi connectivity index (χ1n) is 5.63. The van der Waals surface area contributed by atoms with Crippen LogP contribution in [0.15, 0.2) is 37.0 Å². The van der Waals surface area contributed by atoms with Gasteiger partial charge in [-0.1, -0.05) is 16.8 Å². The molecule has 0 bridgehead atoms. The molecule has 108 valence electrons. The molecule has 1 aromatic carbocycles. The van der Waals surface area contributed by atoms with Gasteiger partial charge in [-0.25, -0.2) is 4.39 Å². The average molecular weight is 453 g/mol. The van der Waals surface area contributed by atoms with Gasteiger partial charge in [-0.2, -0.15) is 0 Å². The van der Waals surface area contributed by atoms with Crippen LogP contribution in [0.3, 0.4) is 0 Å². The molecule has 3 nitrogen and oxygen atoms in total. The molecule has 0 unspecified atom stereocenters. The summed E-state index contributed by atoms with van der Waals surface area (Å²) >= 11 is 14.4. The maximum absolute atomic E-state index is 13.2. The molecule has 0 aliphatic carbocycles. The van der Waals surface area contributed by atoms with Gasteiger partial charge in [-0.3, -0.25) is 0 Å². The van der Waals surface area contributed by atoms with E-state index in [0.29, 0.717) is 16.9 Å². The minimum atomic E-state index is -0.415. The lowest BCUT2D eigenvalue weighted by molar-refractivity contribution is 0.437. The van der Waals surface area contributed by atoms with E-state index in [9.17, 15) is 4.39 Å². The first-order chi connectivity index (χ1) is 9.97. The standard InChI is InChI=1S/C13H6Br2ClFN2OS/c14-7-4-9(21-12(7)15)11-10(13(18)19-20-11)6-2-1-5(17)3-8(6)16/h1-4H,(H2,18,19). The van der Waals surface area contributed by atoms with Crippen molar-refractivity contribution in [3.05, 3.63) is 43.4 Å². The molecule has 0 saturated carbocycles. The molecule has 2 aromatic heterocycles. The topological polar surface area (TPSA) is 52.0 Å². The number of nitrogen functional groups attached to an aromatic ring is 1. The molecule has 3 aromatic rings. The number of nitrogens with two attached hydrogens (primary N) is 1. The molecule has 0 amide bonds. The third-order valence-electron chi connectivity index (χ3n) is 2.79. The van der Waals surface area contributed by atoms with Crippen LogP contribution < -0.4 is 5.73 Å². The van der Waals surface area contributed by atoms with E-state index in [1.165, 1.54) is 23.5 Å². The van der Waals surface area contributed by atoms with E-state index in [1.807, 2.05) is 6.07 Å². The second-order valence-corrected chi connectivity index (χ2v) is 7.76. The molecular formula is C13H6Br2ClFN2OS. The summed E-state index contributed by atoms with van der Waals surface area (Å²) in [5, 5.41) is 4.05. The third kappa shape index (κ3) is 2.75. The van der Waals surface area contributed by atoms with Gasteiger partial charge in [0.15, 0.2) is 11.6 Å². The molecule has 8 heteroatoms. The van der Waals surface area contributed by atoms with Crippen LogP contribution in [0.25, 0.3) is 21.8 Å². The number of rotatable bonds is 2. The minimum absolute atomic E-state index is 0.208. The summed E-state index contributed by atoms with van der Waals surface area (Å²) in [7, 11) is 0. The van der Waals surface area contributed by atoms with Gasteiger partial charge in [-0.05, 0) is 56.1 Å². The van der Waals surface area contributed by atoms with Gasteiger partial charge in [0.1, 0.15) is 5.82 Å². The van der Waals surface area contributed by atoms with Gasteiger partial charge in [0.25, 0.3) is 0 Å². The van der Waals surface area contributed by atoms with Crippen LogP contribution in [0, 0.1) is 5.82 Å². The molecule has 0 fully saturated rings. The number of thiophene rings is 1. The summed E-state index contributed by atoms with van der Waals surface area (Å²) in [6, 6.07) is 5.99. The smallest absolute Gasteiger partial charge is 0.186 e. The number of nitrogens with zero attached hydrogens (tertiary/aromatic N) is 1. The lowest BCUT2D eigenvalue weighted by Crippen LogP contribution is -1.89. The molecule has 3 rings (SSSR count). The lowest BCUT2D eigenvalue weighted by Gasteiger charge is -2.04. The number of benzene rings is 1. The average Bonchev–Trinajstić information content (AvgIpc) is 2.94. The number of aromatic nitrogens is 1. The fourth-order valence-corrected chi connectivity index (χ4v) is 4.16. The molecule has 0 aliphatic heterocycles. The van der Waals surface area contributed by atoms with Crippen LogP contribution in [0.4, 0.5) is 10.2 Å². The Hall–Kier alpha value is -0.890. The molecule has 2 heterocycles. The Morgan fingerprint density at radius 3 is 2.67 bits per heavy atom. The zero-order valence-electron chi connectivity index (χ0n) is 10.2. The SMILES string of the molecule is Nc1noc(-c2cc(Br)c(Br)s2)c1-c1ccc(F)cc1Cl. The Morgan fingerprint density at radius 1 is 1.29 bits per heavy atom. The summed E-state index contributed by atoms with van der Waals surface area (Å²) in [5.41, 5.74) is 7.02. The summed E-state index contributed by atoms with van der Waals surface area (Å²) in [6.45, 7) is 0. The van der Waals surface area contributed by atoms with Crippen LogP contribution >= 0.6 is 54.8 Å². The fourth-order valence-electron chi connectivity index (χ4n) is 1.88. The van der Waals surface area contributed by atoms with Gasteiger partial charge in [-0.15, -0.1) is 11.3 Å². The third-order valence-corrected chi connectivity index (χ3v) is 6.36. The molecule has 0 spiro atoms. The Bertz CT molecular complexity index is 814. The zero-order valence-corrected chi connectivity index (χ0v) is 14.9. The summed E-state index contributed by atoms with van der Waals surface area (Å²) < 4.78 is 20.4. The Balaban J connectivity index is 2.21. The van der Waals surface area contributed by atoms with Gasteiger partial charge in [0.05, 0.1) is 19.2 Å². The molecule has 21 heavy (non-hydrogen) atoms. The maximum Gasteiger partial charge on any atom is 0.186 e. The van der Waals surface area contributed by atoms with E-state index < -0.39 is 5.82 Å². The fraction of sp³-hybridized carbons (Fsp3) is 0.